The number of ether oxygens (including phenoxy) is 1. The number of aliphatic hydroxyl groups is 1. The topological polar surface area (TPSA) is 73.2 Å². The molecule has 2 bridgehead atoms. The predicted molar refractivity (Wildman–Crippen MR) is 147 cm³/mol. The number of phenolic OH excluding ortho intramolecular Hbond substituents is 1. The molecule has 1 aromatic heterocycles. The van der Waals surface area contributed by atoms with Crippen LogP contribution in [0.2, 0.25) is 0 Å². The van der Waals surface area contributed by atoms with E-state index >= 15 is 0 Å². The van der Waals surface area contributed by atoms with Crippen molar-refractivity contribution in [2.24, 2.45) is 5.92 Å². The number of nitrogens with zero attached hydrogens (tertiary/aromatic N) is 2. The highest BCUT2D eigenvalue weighted by molar-refractivity contribution is 7.17. The third kappa shape index (κ3) is 2.98. The van der Waals surface area contributed by atoms with E-state index in [1.54, 1.807) is 17.4 Å². The Morgan fingerprint density at radius 1 is 1.18 bits per heavy atom. The fourth-order valence-electron chi connectivity index (χ4n) is 8.49. The summed E-state index contributed by atoms with van der Waals surface area (Å²) in [6.45, 7) is 1.98. The van der Waals surface area contributed by atoms with Crippen molar-refractivity contribution in [3.63, 3.8) is 0 Å². The average Bonchev–Trinajstić information content (AvgIpc) is 3.53. The van der Waals surface area contributed by atoms with Gasteiger partial charge in [-0.25, -0.2) is 0 Å². The third-order valence-corrected chi connectivity index (χ3v) is 11.5. The zero-order chi connectivity index (χ0) is 25.8. The Morgan fingerprint density at radius 2 is 2.03 bits per heavy atom. The molecule has 38 heavy (non-hydrogen) atoms. The van der Waals surface area contributed by atoms with Crippen LogP contribution in [0.5, 0.6) is 11.5 Å². The van der Waals surface area contributed by atoms with Gasteiger partial charge in [-0.2, -0.15) is 0 Å². The molecule has 3 aliphatic carbocycles. The number of hydrogen-bond donors (Lipinski definition) is 2. The van der Waals surface area contributed by atoms with E-state index < -0.39 is 11.0 Å². The number of carbonyl (C=O) groups excluding carboxylic acids is 1. The molecule has 2 aromatic carbocycles. The second-order valence-corrected chi connectivity index (χ2v) is 13.2. The molecular weight excluding hydrogens is 496 g/mol. The number of phenols is 1. The monoisotopic (exact) mass is 530 g/mol. The van der Waals surface area contributed by atoms with Crippen molar-refractivity contribution in [3.8, 4) is 11.5 Å². The molecule has 198 valence electrons. The number of carbonyl (C=O) groups is 1. The van der Waals surface area contributed by atoms with E-state index in [2.05, 4.69) is 22.4 Å². The maximum Gasteiger partial charge on any atom is 0.227 e. The van der Waals surface area contributed by atoms with E-state index in [1.807, 2.05) is 30.1 Å². The number of fused-ring (bicyclic) bond motifs is 1. The molecule has 3 heterocycles. The summed E-state index contributed by atoms with van der Waals surface area (Å²) in [6.07, 6.45) is 5.46. The second kappa shape index (κ2) is 7.96. The van der Waals surface area contributed by atoms with Gasteiger partial charge in [0.1, 0.15) is 6.10 Å². The smallest absolute Gasteiger partial charge is 0.227 e. The summed E-state index contributed by atoms with van der Waals surface area (Å²) in [6, 6.07) is 11.9. The van der Waals surface area contributed by atoms with E-state index in [1.165, 1.54) is 23.1 Å². The summed E-state index contributed by atoms with van der Waals surface area (Å²) >= 11 is 1.68. The highest BCUT2D eigenvalue weighted by atomic mass is 32.1. The van der Waals surface area contributed by atoms with Gasteiger partial charge < -0.3 is 19.8 Å². The quantitative estimate of drug-likeness (QED) is 0.516. The molecule has 0 radical (unpaired) electrons. The zero-order valence-electron chi connectivity index (χ0n) is 21.7. The summed E-state index contributed by atoms with van der Waals surface area (Å²) in [5.74, 6) is 1.51. The lowest BCUT2D eigenvalue weighted by Gasteiger charge is -2.64. The van der Waals surface area contributed by atoms with Gasteiger partial charge in [-0.05, 0) is 85.0 Å². The zero-order valence-corrected chi connectivity index (χ0v) is 22.5. The standard InChI is InChI=1S/C31H34N2O4S/c1-32(26(35)15-20-17-38-24-5-3-2-4-21(20)24)22-10-11-31(36)25-14-19-8-9-23(34)28-27(19)30(31,29(22)37-28)12-13-33(25)16-18-6-7-18/h2-5,8-9,17-18,22,25,29,34,36H,6-7,10-16H2,1H3/t22-,25-,29+,30+,31-/m1/s1. The van der Waals surface area contributed by atoms with Crippen molar-refractivity contribution in [2.45, 2.75) is 74.1 Å². The number of amides is 1. The van der Waals surface area contributed by atoms with Crippen LogP contribution in [0.1, 0.15) is 48.8 Å². The van der Waals surface area contributed by atoms with Crippen LogP contribution in [0.15, 0.2) is 41.8 Å². The van der Waals surface area contributed by atoms with E-state index in [0.717, 1.165) is 48.4 Å². The molecule has 0 unspecified atom stereocenters. The van der Waals surface area contributed by atoms with Crippen LogP contribution in [0, 0.1) is 5.92 Å². The first-order valence-electron chi connectivity index (χ1n) is 14.1. The minimum absolute atomic E-state index is 0.0464. The number of piperidine rings is 1. The highest BCUT2D eigenvalue weighted by Gasteiger charge is 2.73. The van der Waals surface area contributed by atoms with E-state index in [9.17, 15) is 15.0 Å². The number of rotatable bonds is 5. The molecule has 1 saturated heterocycles. The Hall–Kier alpha value is -2.61. The molecule has 7 heteroatoms. The van der Waals surface area contributed by atoms with Gasteiger partial charge in [-0.15, -0.1) is 11.3 Å². The fourth-order valence-corrected chi connectivity index (χ4v) is 9.46. The summed E-state index contributed by atoms with van der Waals surface area (Å²) in [5.41, 5.74) is 1.73. The number of aromatic hydroxyl groups is 1. The van der Waals surface area contributed by atoms with Gasteiger partial charge in [-0.3, -0.25) is 9.69 Å². The van der Waals surface area contributed by atoms with E-state index in [-0.39, 0.29) is 29.8 Å². The number of hydrogen-bond acceptors (Lipinski definition) is 6. The van der Waals surface area contributed by atoms with Crippen molar-refractivity contribution in [3.05, 3.63) is 58.5 Å². The van der Waals surface area contributed by atoms with Gasteiger partial charge in [-0.1, -0.05) is 24.3 Å². The number of benzene rings is 2. The summed E-state index contributed by atoms with van der Waals surface area (Å²) in [7, 11) is 1.90. The Kier molecular flexibility index (Phi) is 4.88. The Morgan fingerprint density at radius 3 is 2.87 bits per heavy atom. The summed E-state index contributed by atoms with van der Waals surface area (Å²) < 4.78 is 7.87. The SMILES string of the molecule is CN(C(=O)Cc1csc2ccccc12)[C@@H]1CC[C@@]2(O)[C@H]3Cc4ccc(O)c5c4[C@@]2(CCN3CC2CC2)[C@H]1O5. The van der Waals surface area contributed by atoms with Gasteiger partial charge in [0.15, 0.2) is 11.5 Å². The normalized spacial score (nSPS) is 33.2. The van der Waals surface area contributed by atoms with Gasteiger partial charge in [0.05, 0.1) is 23.5 Å². The molecule has 2 aliphatic heterocycles. The first-order valence-corrected chi connectivity index (χ1v) is 15.0. The lowest BCUT2D eigenvalue weighted by molar-refractivity contribution is -0.200. The van der Waals surface area contributed by atoms with Crippen LogP contribution in [-0.4, -0.2) is 69.8 Å². The molecule has 3 aromatic rings. The minimum Gasteiger partial charge on any atom is -0.504 e. The lowest BCUT2D eigenvalue weighted by atomic mass is 9.48. The number of thiophene rings is 1. The maximum atomic E-state index is 13.7. The molecule has 5 atom stereocenters. The molecule has 5 aliphatic rings. The van der Waals surface area contributed by atoms with E-state index in [4.69, 9.17) is 4.74 Å². The summed E-state index contributed by atoms with van der Waals surface area (Å²) in [5, 5.41) is 26.8. The molecular formula is C31H34N2O4S. The van der Waals surface area contributed by atoms with Crippen LogP contribution in [0.25, 0.3) is 10.1 Å². The molecule has 6 nitrogen and oxygen atoms in total. The van der Waals surface area contributed by atoms with Crippen LogP contribution in [0.4, 0.5) is 0 Å². The number of likely N-dealkylation sites (tertiary alicyclic amines) is 1. The van der Waals surface area contributed by atoms with Crippen molar-refractivity contribution < 1.29 is 19.7 Å². The van der Waals surface area contributed by atoms with Crippen LogP contribution < -0.4 is 4.74 Å². The van der Waals surface area contributed by atoms with Crippen molar-refractivity contribution in [2.75, 3.05) is 20.1 Å². The van der Waals surface area contributed by atoms with Gasteiger partial charge in [0.2, 0.25) is 5.91 Å². The predicted octanol–water partition coefficient (Wildman–Crippen LogP) is 4.24. The Balaban J connectivity index is 1.16. The highest BCUT2D eigenvalue weighted by Crippen LogP contribution is 2.66. The Labute approximate surface area is 226 Å². The van der Waals surface area contributed by atoms with Crippen molar-refractivity contribution in [1.29, 1.82) is 0 Å². The first-order chi connectivity index (χ1) is 18.4. The molecule has 2 saturated carbocycles. The third-order valence-electron chi connectivity index (χ3n) is 10.5. The largest absolute Gasteiger partial charge is 0.504 e. The molecule has 2 N–H and O–H groups in total. The Bertz CT molecular complexity index is 1470. The minimum atomic E-state index is -0.930. The van der Waals surface area contributed by atoms with Crippen LogP contribution >= 0.6 is 11.3 Å². The van der Waals surface area contributed by atoms with Crippen LogP contribution in [0.3, 0.4) is 0 Å². The van der Waals surface area contributed by atoms with Crippen molar-refractivity contribution >= 4 is 27.3 Å². The molecule has 8 rings (SSSR count). The second-order valence-electron chi connectivity index (χ2n) is 12.3. The maximum absolute atomic E-state index is 13.7. The fraction of sp³-hybridized carbons (Fsp3) is 0.516. The molecule has 1 spiro atoms. The number of likely N-dealkylation sites (N-methyl/N-ethyl adjacent to an activating group) is 1. The summed E-state index contributed by atoms with van der Waals surface area (Å²) in [4.78, 5) is 18.2. The molecule has 1 amide bonds. The molecule has 3 fully saturated rings. The average molecular weight is 531 g/mol. The van der Waals surface area contributed by atoms with Crippen LogP contribution in [-0.2, 0) is 23.1 Å². The van der Waals surface area contributed by atoms with Crippen molar-refractivity contribution in [1.82, 2.24) is 9.80 Å². The van der Waals surface area contributed by atoms with Gasteiger partial charge in [0, 0.05) is 29.9 Å². The van der Waals surface area contributed by atoms with E-state index in [0.29, 0.717) is 25.0 Å². The van der Waals surface area contributed by atoms with Gasteiger partial charge in [0.25, 0.3) is 0 Å². The van der Waals surface area contributed by atoms with Gasteiger partial charge >= 0.3 is 0 Å². The lowest BCUT2D eigenvalue weighted by Crippen LogP contribution is -2.78. The first kappa shape index (κ1) is 23.3.